The van der Waals surface area contributed by atoms with Gasteiger partial charge in [-0.05, 0) is 68.8 Å². The molecule has 0 spiro atoms. The van der Waals surface area contributed by atoms with Crippen molar-refractivity contribution in [3.05, 3.63) is 71.5 Å². The number of amides is 1. The Morgan fingerprint density at radius 3 is 2.52 bits per heavy atom. The van der Waals surface area contributed by atoms with Gasteiger partial charge >= 0.3 is 0 Å². The van der Waals surface area contributed by atoms with E-state index >= 15 is 0 Å². The molecule has 0 atom stereocenters. The van der Waals surface area contributed by atoms with Crippen LogP contribution < -0.4 is 14.8 Å². The summed E-state index contributed by atoms with van der Waals surface area (Å²) in [5.41, 5.74) is 2.96. The Kier molecular flexibility index (Phi) is 6.01. The molecule has 0 fully saturated rings. The number of rotatable bonds is 7. The van der Waals surface area contributed by atoms with Crippen molar-refractivity contribution in [1.29, 1.82) is 0 Å². The van der Waals surface area contributed by atoms with Crippen LogP contribution in [-0.4, -0.2) is 36.1 Å². The van der Waals surface area contributed by atoms with Gasteiger partial charge in [0, 0.05) is 28.7 Å². The minimum atomic E-state index is -3.89. The molecule has 2 heterocycles. The van der Waals surface area contributed by atoms with Crippen LogP contribution in [-0.2, 0) is 10.0 Å². The topological polar surface area (TPSA) is 126 Å². The molecule has 0 aliphatic heterocycles. The molecule has 33 heavy (non-hydrogen) atoms. The number of fused-ring (bicyclic) bond motifs is 1. The second-order valence-electron chi connectivity index (χ2n) is 7.44. The smallest absolute Gasteiger partial charge is 0.262 e. The molecule has 9 nitrogen and oxygen atoms in total. The monoisotopic (exact) mass is 465 g/mol. The number of carbonyl (C=O) groups excluding carboxylic acids is 1. The van der Waals surface area contributed by atoms with Gasteiger partial charge in [-0.2, -0.15) is 5.10 Å². The first-order valence-corrected chi connectivity index (χ1v) is 11.7. The van der Waals surface area contributed by atoms with E-state index in [-0.39, 0.29) is 4.90 Å². The van der Waals surface area contributed by atoms with Gasteiger partial charge in [0.1, 0.15) is 5.75 Å². The number of ether oxygens (including phenoxy) is 1. The van der Waals surface area contributed by atoms with Gasteiger partial charge in [0.2, 0.25) is 0 Å². The van der Waals surface area contributed by atoms with E-state index in [2.05, 4.69) is 25.2 Å². The zero-order valence-electron chi connectivity index (χ0n) is 18.3. The summed E-state index contributed by atoms with van der Waals surface area (Å²) in [6, 6.07) is 13.1. The van der Waals surface area contributed by atoms with Gasteiger partial charge in [-0.15, -0.1) is 0 Å². The highest BCUT2D eigenvalue weighted by molar-refractivity contribution is 7.92. The summed E-state index contributed by atoms with van der Waals surface area (Å²) in [7, 11) is -3.89. The molecular formula is C23H23N5O4S. The number of carbonyl (C=O) groups is 1. The van der Waals surface area contributed by atoms with Crippen molar-refractivity contribution in [1.82, 2.24) is 15.2 Å². The normalized spacial score (nSPS) is 11.4. The van der Waals surface area contributed by atoms with Gasteiger partial charge < -0.3 is 10.1 Å². The number of nitrogens with zero attached hydrogens (tertiary/aromatic N) is 2. The van der Waals surface area contributed by atoms with Gasteiger partial charge in [0.15, 0.2) is 5.65 Å². The number of H-pyrrole nitrogens is 1. The molecule has 4 rings (SSSR count). The van der Waals surface area contributed by atoms with E-state index in [0.717, 1.165) is 11.1 Å². The molecule has 4 aromatic rings. The van der Waals surface area contributed by atoms with Crippen molar-refractivity contribution in [2.24, 2.45) is 0 Å². The number of aryl methyl sites for hydroxylation is 2. The molecule has 0 unspecified atom stereocenters. The zero-order valence-corrected chi connectivity index (χ0v) is 19.2. The van der Waals surface area contributed by atoms with Gasteiger partial charge in [0.05, 0.1) is 17.1 Å². The lowest BCUT2D eigenvalue weighted by molar-refractivity contribution is 0.102. The fourth-order valence-corrected chi connectivity index (χ4v) is 4.64. The number of hydrogen-bond donors (Lipinski definition) is 3. The Morgan fingerprint density at radius 1 is 1.06 bits per heavy atom. The van der Waals surface area contributed by atoms with Crippen molar-refractivity contribution < 1.29 is 17.9 Å². The molecule has 1 amide bonds. The first kappa shape index (κ1) is 22.3. The maximum Gasteiger partial charge on any atom is 0.262 e. The number of nitrogens with one attached hydrogen (secondary N) is 3. The number of aromatic nitrogens is 3. The van der Waals surface area contributed by atoms with Gasteiger partial charge in [-0.3, -0.25) is 14.6 Å². The van der Waals surface area contributed by atoms with Crippen LogP contribution in [0.1, 0.15) is 28.5 Å². The average Bonchev–Trinajstić information content (AvgIpc) is 3.16. The molecule has 2 aromatic heterocycles. The SMILES string of the molecule is CCOc1ccc(NS(=O)(=O)c2cc(NC(=O)c3cnc4n[nH]c(C)c4c3)ccc2C)cc1. The Morgan fingerprint density at radius 2 is 1.79 bits per heavy atom. The molecule has 170 valence electrons. The highest BCUT2D eigenvalue weighted by atomic mass is 32.2. The predicted octanol–water partition coefficient (Wildman–Crippen LogP) is 4.03. The fourth-order valence-electron chi connectivity index (χ4n) is 3.31. The van der Waals surface area contributed by atoms with E-state index in [0.29, 0.717) is 40.5 Å². The Hall–Kier alpha value is -3.92. The molecular weight excluding hydrogens is 442 g/mol. The highest BCUT2D eigenvalue weighted by Gasteiger charge is 2.19. The highest BCUT2D eigenvalue weighted by Crippen LogP contribution is 2.25. The predicted molar refractivity (Wildman–Crippen MR) is 126 cm³/mol. The molecule has 0 bridgehead atoms. The average molecular weight is 466 g/mol. The lowest BCUT2D eigenvalue weighted by Crippen LogP contribution is -2.16. The third-order valence-electron chi connectivity index (χ3n) is 5.02. The largest absolute Gasteiger partial charge is 0.494 e. The summed E-state index contributed by atoms with van der Waals surface area (Å²) in [6.45, 7) is 5.93. The standard InChI is InChI=1S/C23H23N5O4S/c1-4-32-19-9-7-17(8-10-19)28-33(30,31)21-12-18(6-5-14(21)2)25-23(29)16-11-20-15(3)26-27-22(20)24-13-16/h5-13,28H,4H2,1-3H3,(H,25,29)(H,24,26,27). The minimum Gasteiger partial charge on any atom is -0.494 e. The molecule has 2 aromatic carbocycles. The second-order valence-corrected chi connectivity index (χ2v) is 9.09. The lowest BCUT2D eigenvalue weighted by atomic mass is 10.2. The Labute approximate surface area is 191 Å². The molecule has 0 saturated heterocycles. The van der Waals surface area contributed by atoms with E-state index < -0.39 is 15.9 Å². The van der Waals surface area contributed by atoms with Crippen LogP contribution in [0, 0.1) is 13.8 Å². The molecule has 0 aliphatic rings. The van der Waals surface area contributed by atoms with Crippen LogP contribution in [0.3, 0.4) is 0 Å². The summed E-state index contributed by atoms with van der Waals surface area (Å²) in [4.78, 5) is 17.0. The van der Waals surface area contributed by atoms with Crippen molar-refractivity contribution in [2.45, 2.75) is 25.7 Å². The minimum absolute atomic E-state index is 0.0634. The number of sulfonamides is 1. The zero-order chi connectivity index (χ0) is 23.6. The fraction of sp³-hybridized carbons (Fsp3) is 0.174. The molecule has 10 heteroatoms. The number of anilines is 2. The number of pyridine rings is 1. The van der Waals surface area contributed by atoms with Crippen LogP contribution in [0.15, 0.2) is 59.6 Å². The van der Waals surface area contributed by atoms with Crippen molar-refractivity contribution in [3.63, 3.8) is 0 Å². The first-order valence-electron chi connectivity index (χ1n) is 10.3. The van der Waals surface area contributed by atoms with E-state index in [1.807, 2.05) is 13.8 Å². The first-order chi connectivity index (χ1) is 15.8. The number of hydrogen-bond acceptors (Lipinski definition) is 6. The maximum atomic E-state index is 13.0. The van der Waals surface area contributed by atoms with E-state index in [9.17, 15) is 13.2 Å². The third kappa shape index (κ3) is 4.80. The van der Waals surface area contributed by atoms with Gasteiger partial charge in [-0.1, -0.05) is 6.07 Å². The quantitative estimate of drug-likeness (QED) is 0.378. The van der Waals surface area contributed by atoms with Crippen LogP contribution in [0.2, 0.25) is 0 Å². The van der Waals surface area contributed by atoms with E-state index in [1.54, 1.807) is 49.4 Å². The number of aromatic amines is 1. The third-order valence-corrected chi connectivity index (χ3v) is 6.54. The molecule has 0 radical (unpaired) electrons. The second kappa shape index (κ2) is 8.91. The van der Waals surface area contributed by atoms with Crippen LogP contribution in [0.4, 0.5) is 11.4 Å². The maximum absolute atomic E-state index is 13.0. The van der Waals surface area contributed by atoms with Crippen LogP contribution >= 0.6 is 0 Å². The van der Waals surface area contributed by atoms with E-state index in [1.165, 1.54) is 12.3 Å². The molecule has 0 saturated carbocycles. The van der Waals surface area contributed by atoms with Crippen molar-refractivity contribution in [2.75, 3.05) is 16.6 Å². The van der Waals surface area contributed by atoms with Crippen molar-refractivity contribution in [3.8, 4) is 5.75 Å². The number of benzene rings is 2. The molecule has 0 aliphatic carbocycles. The van der Waals surface area contributed by atoms with E-state index in [4.69, 9.17) is 4.74 Å². The Balaban J connectivity index is 1.56. The van der Waals surface area contributed by atoms with Crippen LogP contribution in [0.5, 0.6) is 5.75 Å². The molecule has 3 N–H and O–H groups in total. The van der Waals surface area contributed by atoms with Gasteiger partial charge in [-0.25, -0.2) is 13.4 Å². The summed E-state index contributed by atoms with van der Waals surface area (Å²) >= 11 is 0. The summed E-state index contributed by atoms with van der Waals surface area (Å²) in [6.07, 6.45) is 1.43. The lowest BCUT2D eigenvalue weighted by Gasteiger charge is -2.13. The van der Waals surface area contributed by atoms with Crippen molar-refractivity contribution >= 4 is 38.3 Å². The summed E-state index contributed by atoms with van der Waals surface area (Å²) in [5.74, 6) is 0.247. The Bertz CT molecular complexity index is 1430. The van der Waals surface area contributed by atoms with Gasteiger partial charge in [0.25, 0.3) is 15.9 Å². The summed E-state index contributed by atoms with van der Waals surface area (Å²) in [5, 5.41) is 10.4. The van der Waals surface area contributed by atoms with Crippen LogP contribution in [0.25, 0.3) is 11.0 Å². The summed E-state index contributed by atoms with van der Waals surface area (Å²) < 4.78 is 34.0.